The molecule has 0 aliphatic rings. The highest BCUT2D eigenvalue weighted by Gasteiger charge is 2.36. The first kappa shape index (κ1) is 13.1. The zero-order chi connectivity index (χ0) is 13.4. The molecule has 5 heteroatoms. The van der Waals surface area contributed by atoms with Crippen molar-refractivity contribution >= 4 is 20.7 Å². The smallest absolute Gasteiger partial charge is 0.186 e. The van der Waals surface area contributed by atoms with Crippen molar-refractivity contribution < 1.29 is 9.84 Å². The number of rotatable bonds is 4. The number of H-pyrrole nitrogens is 1. The van der Waals surface area contributed by atoms with Crippen LogP contribution >= 0.6 is 0 Å². The molecule has 0 unspecified atom stereocenters. The summed E-state index contributed by atoms with van der Waals surface area (Å²) < 4.78 is 24.5. The van der Waals surface area contributed by atoms with Gasteiger partial charge in [0.1, 0.15) is 0 Å². The molecule has 0 spiro atoms. The van der Waals surface area contributed by atoms with Gasteiger partial charge in [-0.25, -0.2) is 8.42 Å². The molecule has 2 aromatic rings. The van der Waals surface area contributed by atoms with Gasteiger partial charge < -0.3 is 10.3 Å². The average molecular weight is 268 g/mol. The lowest BCUT2D eigenvalue weighted by molar-refractivity contribution is 0.533. The van der Waals surface area contributed by atoms with Gasteiger partial charge in [0, 0.05) is 25.1 Å². The van der Waals surface area contributed by atoms with Crippen LogP contribution in [0, 0.1) is 0 Å². The molecule has 0 bridgehead atoms. The second kappa shape index (κ2) is 4.40. The predicted octanol–water partition coefficient (Wildman–Crippen LogP) is 2.19. The molecule has 0 radical (unpaired) electrons. The molecule has 0 aliphatic heterocycles. The summed E-state index contributed by atoms with van der Waals surface area (Å²) in [7, 11) is -1.62. The van der Waals surface area contributed by atoms with Gasteiger partial charge >= 0.3 is 0 Å². The highest BCUT2D eigenvalue weighted by Crippen LogP contribution is 2.30. The van der Waals surface area contributed by atoms with Crippen molar-refractivity contribution in [1.82, 2.24) is 10.3 Å². The van der Waals surface area contributed by atoms with E-state index in [9.17, 15) is 8.42 Å². The average Bonchev–Trinajstić information content (AvgIpc) is 2.72. The molecule has 4 nitrogen and oxygen atoms in total. The van der Waals surface area contributed by atoms with Crippen molar-refractivity contribution in [1.29, 1.82) is 0 Å². The number of sulfone groups is 1. The minimum absolute atomic E-state index is 0. The summed E-state index contributed by atoms with van der Waals surface area (Å²) in [5.74, 6) is 0. The van der Waals surface area contributed by atoms with E-state index in [0.29, 0.717) is 11.4 Å². The van der Waals surface area contributed by atoms with Crippen molar-refractivity contribution in [3.63, 3.8) is 0 Å². The quantitative estimate of drug-likeness (QED) is 0.893. The fraction of sp³-hybridized carbons (Fsp3) is 0.385. The Morgan fingerprint density at radius 3 is 2.67 bits per heavy atom. The third-order valence-corrected chi connectivity index (χ3v) is 5.69. The Morgan fingerprint density at radius 2 is 2.00 bits per heavy atom. The van der Waals surface area contributed by atoms with E-state index in [2.05, 4.69) is 10.3 Å². The van der Waals surface area contributed by atoms with Gasteiger partial charge in [-0.2, -0.15) is 0 Å². The Morgan fingerprint density at radius 1 is 1.33 bits per heavy atom. The van der Waals surface area contributed by atoms with Crippen LogP contribution in [0.2, 0.25) is 0 Å². The van der Waals surface area contributed by atoms with E-state index < -0.39 is 14.6 Å². The van der Waals surface area contributed by atoms with E-state index in [1.54, 1.807) is 27.1 Å². The van der Waals surface area contributed by atoms with Crippen LogP contribution < -0.4 is 5.32 Å². The first-order valence-electron chi connectivity index (χ1n) is 5.85. The number of aromatic nitrogens is 1. The molecule has 0 saturated heterocycles. The zero-order valence-electron chi connectivity index (χ0n) is 10.8. The highest BCUT2D eigenvalue weighted by molar-refractivity contribution is 7.93. The summed E-state index contributed by atoms with van der Waals surface area (Å²) in [6, 6.07) is 7.43. The topological polar surface area (TPSA) is 62.0 Å². The molecular weight excluding hydrogens is 248 g/mol. The van der Waals surface area contributed by atoms with Crippen LogP contribution in [0.25, 0.3) is 10.9 Å². The van der Waals surface area contributed by atoms with E-state index in [-0.39, 0.29) is 1.43 Å². The summed E-state index contributed by atoms with van der Waals surface area (Å²) in [6.07, 6.45) is 1.58. The van der Waals surface area contributed by atoms with E-state index in [0.717, 1.165) is 10.9 Å². The normalized spacial score (nSPS) is 13.1. The predicted molar refractivity (Wildman–Crippen MR) is 75.6 cm³/mol. The van der Waals surface area contributed by atoms with Gasteiger partial charge in [-0.3, -0.25) is 0 Å². The standard InChI is InChI=1S/C13H18N2O2S.H2/c1-13(2,9-14-3)18(16,17)12-8-15-11-7-5-4-6-10(11)12;/h4-8,14-15H,9H2,1-3H3;1H. The molecule has 0 fully saturated rings. The number of fused-ring (bicyclic) bond motifs is 1. The number of nitrogens with one attached hydrogen (secondary N) is 2. The summed E-state index contributed by atoms with van der Waals surface area (Å²) >= 11 is 0. The van der Waals surface area contributed by atoms with Crippen molar-refractivity contribution in [2.24, 2.45) is 0 Å². The van der Waals surface area contributed by atoms with Crippen molar-refractivity contribution in [2.45, 2.75) is 23.5 Å². The molecule has 1 aromatic heterocycles. The van der Waals surface area contributed by atoms with Gasteiger partial charge in [0.2, 0.25) is 0 Å². The van der Waals surface area contributed by atoms with Crippen LogP contribution in [-0.2, 0) is 9.84 Å². The minimum atomic E-state index is -3.38. The molecule has 2 rings (SSSR count). The maximum Gasteiger partial charge on any atom is 0.186 e. The van der Waals surface area contributed by atoms with Gasteiger partial charge in [0.25, 0.3) is 0 Å². The fourth-order valence-corrected chi connectivity index (χ4v) is 3.70. The van der Waals surface area contributed by atoms with Crippen molar-refractivity contribution in [2.75, 3.05) is 13.6 Å². The maximum atomic E-state index is 12.7. The lowest BCUT2D eigenvalue weighted by Crippen LogP contribution is -2.41. The molecular formula is C13H20N2O2S. The lowest BCUT2D eigenvalue weighted by atomic mass is 10.2. The monoisotopic (exact) mass is 268 g/mol. The van der Waals surface area contributed by atoms with Crippen LogP contribution in [0.15, 0.2) is 35.4 Å². The Bertz CT molecular complexity index is 662. The molecule has 2 N–H and O–H groups in total. The third kappa shape index (κ3) is 1.93. The molecule has 1 heterocycles. The Kier molecular flexibility index (Phi) is 3.21. The highest BCUT2D eigenvalue weighted by atomic mass is 32.2. The number of aromatic amines is 1. The van der Waals surface area contributed by atoms with Gasteiger partial charge in [-0.05, 0) is 27.0 Å². The molecule has 0 aliphatic carbocycles. The molecule has 100 valence electrons. The van der Waals surface area contributed by atoms with Crippen LogP contribution in [0.3, 0.4) is 0 Å². The molecule has 0 atom stereocenters. The van der Waals surface area contributed by atoms with Crippen LogP contribution in [0.5, 0.6) is 0 Å². The number of hydrogen-bond acceptors (Lipinski definition) is 3. The SMILES string of the molecule is CNCC(C)(C)S(=O)(=O)c1c[nH]c2ccccc12.[HH]. The molecule has 0 amide bonds. The zero-order valence-corrected chi connectivity index (χ0v) is 11.6. The van der Waals surface area contributed by atoms with E-state index in [1.165, 1.54) is 0 Å². The summed E-state index contributed by atoms with van der Waals surface area (Å²) in [4.78, 5) is 3.38. The van der Waals surface area contributed by atoms with Crippen LogP contribution in [0.1, 0.15) is 15.3 Å². The maximum absolute atomic E-state index is 12.7. The van der Waals surface area contributed by atoms with E-state index in [4.69, 9.17) is 0 Å². The largest absolute Gasteiger partial charge is 0.360 e. The minimum Gasteiger partial charge on any atom is -0.360 e. The first-order chi connectivity index (χ1) is 8.40. The van der Waals surface area contributed by atoms with E-state index in [1.807, 2.05) is 24.3 Å². The summed E-state index contributed by atoms with van der Waals surface area (Å²) in [5, 5.41) is 3.69. The van der Waals surface area contributed by atoms with Gasteiger partial charge in [-0.15, -0.1) is 0 Å². The van der Waals surface area contributed by atoms with Crippen molar-refractivity contribution in [3.05, 3.63) is 30.5 Å². The molecule has 18 heavy (non-hydrogen) atoms. The van der Waals surface area contributed by atoms with Gasteiger partial charge in [-0.1, -0.05) is 18.2 Å². The van der Waals surface area contributed by atoms with Crippen molar-refractivity contribution in [3.8, 4) is 0 Å². The number of hydrogen-bond donors (Lipinski definition) is 2. The second-order valence-corrected chi connectivity index (χ2v) is 7.54. The van der Waals surface area contributed by atoms with E-state index >= 15 is 0 Å². The lowest BCUT2D eigenvalue weighted by Gasteiger charge is -2.24. The fourth-order valence-electron chi connectivity index (χ4n) is 2.09. The summed E-state index contributed by atoms with van der Waals surface area (Å²) in [5.41, 5.74) is 0.844. The molecule has 0 saturated carbocycles. The van der Waals surface area contributed by atoms with Gasteiger partial charge in [0.15, 0.2) is 9.84 Å². The van der Waals surface area contributed by atoms with Crippen LogP contribution in [-0.4, -0.2) is 31.7 Å². The Balaban J connectivity index is 0.00000180. The Labute approximate surface area is 109 Å². The third-order valence-electron chi connectivity index (χ3n) is 3.17. The number of benzene rings is 1. The first-order valence-corrected chi connectivity index (χ1v) is 7.34. The van der Waals surface area contributed by atoms with Crippen LogP contribution in [0.4, 0.5) is 0 Å². The molecule has 1 aromatic carbocycles. The number of para-hydroxylation sites is 1. The van der Waals surface area contributed by atoms with Gasteiger partial charge in [0.05, 0.1) is 9.64 Å². The Hall–Kier alpha value is -1.33. The summed E-state index contributed by atoms with van der Waals surface area (Å²) in [6.45, 7) is 3.88. The second-order valence-electron chi connectivity index (χ2n) is 4.99.